The number of carboxylic acid groups (broad SMARTS) is 1. The van der Waals surface area contributed by atoms with Gasteiger partial charge in [-0.1, -0.05) is 6.07 Å². The number of rotatable bonds is 7. The molecule has 114 valence electrons. The first-order valence-electron chi connectivity index (χ1n) is 7.27. The number of aromatic nitrogens is 1. The number of carboxylic acids is 1. The van der Waals surface area contributed by atoms with Crippen LogP contribution in [0.3, 0.4) is 0 Å². The van der Waals surface area contributed by atoms with Crippen LogP contribution in [0.1, 0.15) is 31.9 Å². The molecule has 0 aromatic carbocycles. The zero-order chi connectivity index (χ0) is 15.2. The minimum Gasteiger partial charge on any atom is -0.481 e. The average Bonchev–Trinajstić information content (AvgIpc) is 3.29. The summed E-state index contributed by atoms with van der Waals surface area (Å²) < 4.78 is 0. The summed E-state index contributed by atoms with van der Waals surface area (Å²) in [6, 6.07) is 5.08. The van der Waals surface area contributed by atoms with E-state index in [2.05, 4.69) is 10.3 Å². The fourth-order valence-electron chi connectivity index (χ4n) is 2.29. The van der Waals surface area contributed by atoms with Gasteiger partial charge in [-0.05, 0) is 37.8 Å². The summed E-state index contributed by atoms with van der Waals surface area (Å²) >= 11 is 0. The van der Waals surface area contributed by atoms with Gasteiger partial charge in [0.2, 0.25) is 0 Å². The third-order valence-corrected chi connectivity index (χ3v) is 3.64. The van der Waals surface area contributed by atoms with Crippen molar-refractivity contribution in [3.05, 3.63) is 30.1 Å². The molecule has 0 bridgehead atoms. The van der Waals surface area contributed by atoms with Crippen molar-refractivity contribution in [1.82, 2.24) is 15.2 Å². The molecule has 2 amide bonds. The standard InChI is InChI=1S/C15H21N3O3/c1-2-18(10-12-5-3-4-8-16-12)15(21)17-13(9-14(19)20)11-6-7-11/h3-5,8,11,13H,2,6-7,9-10H2,1H3,(H,17,21)(H,19,20). The Hall–Kier alpha value is -2.11. The molecule has 2 N–H and O–H groups in total. The van der Waals surface area contributed by atoms with Gasteiger partial charge in [0.25, 0.3) is 0 Å². The Bertz CT molecular complexity index is 488. The van der Waals surface area contributed by atoms with E-state index in [0.29, 0.717) is 19.0 Å². The van der Waals surface area contributed by atoms with Gasteiger partial charge in [-0.25, -0.2) is 4.79 Å². The molecule has 6 nitrogen and oxygen atoms in total. The monoisotopic (exact) mass is 291 g/mol. The van der Waals surface area contributed by atoms with Gasteiger partial charge < -0.3 is 15.3 Å². The van der Waals surface area contributed by atoms with Crippen LogP contribution in [0.15, 0.2) is 24.4 Å². The van der Waals surface area contributed by atoms with E-state index in [1.165, 1.54) is 0 Å². The van der Waals surface area contributed by atoms with Crippen LogP contribution >= 0.6 is 0 Å². The molecule has 0 saturated heterocycles. The second-order valence-corrected chi connectivity index (χ2v) is 5.33. The van der Waals surface area contributed by atoms with E-state index >= 15 is 0 Å². The zero-order valence-corrected chi connectivity index (χ0v) is 12.2. The molecule has 1 aliphatic rings. The molecule has 1 unspecified atom stereocenters. The first-order valence-corrected chi connectivity index (χ1v) is 7.27. The number of aliphatic carboxylic acids is 1. The van der Waals surface area contributed by atoms with E-state index < -0.39 is 5.97 Å². The van der Waals surface area contributed by atoms with Gasteiger partial charge in [0.1, 0.15) is 0 Å². The van der Waals surface area contributed by atoms with Crippen molar-refractivity contribution in [3.8, 4) is 0 Å². The molecule has 0 aliphatic heterocycles. The lowest BCUT2D eigenvalue weighted by Gasteiger charge is -2.24. The van der Waals surface area contributed by atoms with Gasteiger partial charge in [-0.2, -0.15) is 0 Å². The Morgan fingerprint density at radius 1 is 1.48 bits per heavy atom. The number of carbonyl (C=O) groups excluding carboxylic acids is 1. The predicted molar refractivity (Wildman–Crippen MR) is 77.6 cm³/mol. The number of hydrogen-bond acceptors (Lipinski definition) is 3. The summed E-state index contributed by atoms with van der Waals surface area (Å²) in [4.78, 5) is 29.0. The Labute approximate surface area is 124 Å². The number of nitrogens with one attached hydrogen (secondary N) is 1. The Kier molecular flexibility index (Phi) is 5.14. The number of amides is 2. The van der Waals surface area contributed by atoms with Crippen molar-refractivity contribution in [1.29, 1.82) is 0 Å². The number of nitrogens with zero attached hydrogens (tertiary/aromatic N) is 2. The quantitative estimate of drug-likeness (QED) is 0.803. The van der Waals surface area contributed by atoms with Crippen molar-refractivity contribution in [3.63, 3.8) is 0 Å². The highest BCUT2D eigenvalue weighted by molar-refractivity contribution is 5.76. The van der Waals surface area contributed by atoms with Gasteiger partial charge >= 0.3 is 12.0 Å². The molecular formula is C15H21N3O3. The largest absolute Gasteiger partial charge is 0.481 e. The normalized spacial score (nSPS) is 15.3. The molecule has 0 radical (unpaired) electrons. The summed E-state index contributed by atoms with van der Waals surface area (Å²) in [5, 5.41) is 11.8. The van der Waals surface area contributed by atoms with Crippen molar-refractivity contribution in [2.45, 2.75) is 38.8 Å². The summed E-state index contributed by atoms with van der Waals surface area (Å²) in [7, 11) is 0. The summed E-state index contributed by atoms with van der Waals surface area (Å²) in [6.45, 7) is 2.87. The fourth-order valence-corrected chi connectivity index (χ4v) is 2.29. The lowest BCUT2D eigenvalue weighted by Crippen LogP contribution is -2.46. The number of urea groups is 1. The molecule has 21 heavy (non-hydrogen) atoms. The van der Waals surface area contributed by atoms with E-state index in [1.54, 1.807) is 11.1 Å². The predicted octanol–water partition coefficient (Wildman–Crippen LogP) is 1.87. The number of carbonyl (C=O) groups is 2. The van der Waals surface area contributed by atoms with E-state index in [9.17, 15) is 9.59 Å². The molecule has 1 fully saturated rings. The van der Waals surface area contributed by atoms with Crippen LogP contribution in [-0.2, 0) is 11.3 Å². The highest BCUT2D eigenvalue weighted by Gasteiger charge is 2.34. The fraction of sp³-hybridized carbons (Fsp3) is 0.533. The smallest absolute Gasteiger partial charge is 0.317 e. The van der Waals surface area contributed by atoms with E-state index in [-0.39, 0.29) is 18.5 Å². The lowest BCUT2D eigenvalue weighted by molar-refractivity contribution is -0.137. The maximum Gasteiger partial charge on any atom is 0.317 e. The molecule has 1 saturated carbocycles. The number of hydrogen-bond donors (Lipinski definition) is 2. The first-order chi connectivity index (χ1) is 10.1. The van der Waals surface area contributed by atoms with Crippen LogP contribution in [0.5, 0.6) is 0 Å². The molecular weight excluding hydrogens is 270 g/mol. The maximum atomic E-state index is 12.3. The van der Waals surface area contributed by atoms with Gasteiger partial charge in [0.05, 0.1) is 18.7 Å². The molecule has 1 heterocycles. The van der Waals surface area contributed by atoms with Crippen LogP contribution in [0, 0.1) is 5.92 Å². The highest BCUT2D eigenvalue weighted by Crippen LogP contribution is 2.34. The zero-order valence-electron chi connectivity index (χ0n) is 12.2. The Balaban J connectivity index is 1.93. The minimum atomic E-state index is -0.875. The van der Waals surface area contributed by atoms with Gasteiger partial charge in [-0.15, -0.1) is 0 Å². The van der Waals surface area contributed by atoms with E-state index in [4.69, 9.17) is 5.11 Å². The third-order valence-electron chi connectivity index (χ3n) is 3.64. The van der Waals surface area contributed by atoms with E-state index in [0.717, 1.165) is 18.5 Å². The second kappa shape index (κ2) is 7.06. The number of pyridine rings is 1. The van der Waals surface area contributed by atoms with Crippen molar-refractivity contribution < 1.29 is 14.7 Å². The SMILES string of the molecule is CCN(Cc1ccccn1)C(=O)NC(CC(=O)O)C1CC1. The molecule has 1 aliphatic carbocycles. The Morgan fingerprint density at radius 3 is 2.76 bits per heavy atom. The lowest BCUT2D eigenvalue weighted by atomic mass is 10.1. The molecule has 1 aromatic heterocycles. The third kappa shape index (κ3) is 4.73. The highest BCUT2D eigenvalue weighted by atomic mass is 16.4. The van der Waals surface area contributed by atoms with Crippen molar-refractivity contribution in [2.75, 3.05) is 6.54 Å². The van der Waals surface area contributed by atoms with Gasteiger partial charge in [-0.3, -0.25) is 9.78 Å². The molecule has 6 heteroatoms. The van der Waals surface area contributed by atoms with Crippen LogP contribution in [-0.4, -0.2) is 39.6 Å². The summed E-state index contributed by atoms with van der Waals surface area (Å²) in [6.07, 6.45) is 3.66. The van der Waals surface area contributed by atoms with Crippen LogP contribution in [0.2, 0.25) is 0 Å². The van der Waals surface area contributed by atoms with Crippen LogP contribution in [0.4, 0.5) is 4.79 Å². The van der Waals surface area contributed by atoms with Crippen molar-refractivity contribution in [2.24, 2.45) is 5.92 Å². The van der Waals surface area contributed by atoms with Crippen LogP contribution in [0.25, 0.3) is 0 Å². The average molecular weight is 291 g/mol. The summed E-state index contributed by atoms with van der Waals surface area (Å²) in [5.74, 6) is -0.571. The molecule has 0 spiro atoms. The topological polar surface area (TPSA) is 82.5 Å². The molecule has 1 aromatic rings. The minimum absolute atomic E-state index is 0.0163. The van der Waals surface area contributed by atoms with E-state index in [1.807, 2.05) is 25.1 Å². The van der Waals surface area contributed by atoms with Gasteiger partial charge in [0.15, 0.2) is 0 Å². The maximum absolute atomic E-state index is 12.3. The molecule has 2 rings (SSSR count). The Morgan fingerprint density at radius 2 is 2.24 bits per heavy atom. The summed E-state index contributed by atoms with van der Waals surface area (Å²) in [5.41, 5.74) is 0.815. The molecule has 1 atom stereocenters. The van der Waals surface area contributed by atoms with Crippen LogP contribution < -0.4 is 5.32 Å². The second-order valence-electron chi connectivity index (χ2n) is 5.33. The first kappa shape index (κ1) is 15.3. The van der Waals surface area contributed by atoms with Gasteiger partial charge in [0, 0.05) is 18.8 Å². The van der Waals surface area contributed by atoms with Crippen molar-refractivity contribution >= 4 is 12.0 Å².